The van der Waals surface area contributed by atoms with Gasteiger partial charge in [-0.25, -0.2) is 0 Å². The Morgan fingerprint density at radius 3 is 2.18 bits per heavy atom. The van der Waals surface area contributed by atoms with Crippen molar-refractivity contribution in [3.05, 3.63) is 0 Å². The second kappa shape index (κ2) is 10.8. The summed E-state index contributed by atoms with van der Waals surface area (Å²) < 4.78 is 0. The van der Waals surface area contributed by atoms with E-state index in [-0.39, 0.29) is 0 Å². The second-order valence-corrected chi connectivity index (χ2v) is 9.33. The quantitative estimate of drug-likeness (QED) is 0.535. The van der Waals surface area contributed by atoms with Crippen LogP contribution in [0, 0.1) is 0 Å². The number of rotatable bonds is 6. The molecule has 6 heteroatoms. The van der Waals surface area contributed by atoms with Crippen molar-refractivity contribution >= 4 is 5.96 Å². The van der Waals surface area contributed by atoms with Crippen molar-refractivity contribution in [1.82, 2.24) is 25.3 Å². The van der Waals surface area contributed by atoms with Crippen LogP contribution in [0.2, 0.25) is 0 Å². The van der Waals surface area contributed by atoms with Crippen LogP contribution in [0.15, 0.2) is 4.99 Å². The molecule has 2 saturated heterocycles. The zero-order valence-electron chi connectivity index (χ0n) is 18.7. The van der Waals surface area contributed by atoms with Gasteiger partial charge in [-0.2, -0.15) is 0 Å². The SMILES string of the molecule is CN=C(NCC(C)N1CCN(C)CC1)NCC1(N2CCCCC2)CCCCC1. The molecule has 0 radical (unpaired) electrons. The summed E-state index contributed by atoms with van der Waals surface area (Å²) in [5.74, 6) is 0.975. The predicted molar refractivity (Wildman–Crippen MR) is 119 cm³/mol. The summed E-state index contributed by atoms with van der Waals surface area (Å²) in [5, 5.41) is 7.32. The third kappa shape index (κ3) is 5.83. The Labute approximate surface area is 173 Å². The minimum Gasteiger partial charge on any atom is -0.355 e. The number of guanidine groups is 1. The van der Waals surface area contributed by atoms with Gasteiger partial charge in [0.2, 0.25) is 0 Å². The molecule has 2 heterocycles. The van der Waals surface area contributed by atoms with Crippen LogP contribution in [-0.2, 0) is 0 Å². The van der Waals surface area contributed by atoms with Crippen molar-refractivity contribution in [2.75, 3.05) is 66.5 Å². The molecule has 28 heavy (non-hydrogen) atoms. The van der Waals surface area contributed by atoms with Crippen LogP contribution in [0.3, 0.4) is 0 Å². The topological polar surface area (TPSA) is 46.1 Å². The van der Waals surface area contributed by atoms with E-state index < -0.39 is 0 Å². The summed E-state index contributed by atoms with van der Waals surface area (Å²) in [6.07, 6.45) is 11.0. The molecular formula is C22H44N6. The lowest BCUT2D eigenvalue weighted by Crippen LogP contribution is -2.59. The summed E-state index contributed by atoms with van der Waals surface area (Å²) in [7, 11) is 4.12. The molecule has 0 bridgehead atoms. The summed E-state index contributed by atoms with van der Waals surface area (Å²) in [4.78, 5) is 12.3. The highest BCUT2D eigenvalue weighted by molar-refractivity contribution is 5.79. The van der Waals surface area contributed by atoms with Crippen molar-refractivity contribution in [3.8, 4) is 0 Å². The Kier molecular flexibility index (Phi) is 8.42. The summed E-state index contributed by atoms with van der Waals surface area (Å²) in [6.45, 7) is 11.6. The van der Waals surface area contributed by atoms with E-state index in [0.29, 0.717) is 11.6 Å². The van der Waals surface area contributed by atoms with Crippen molar-refractivity contribution in [1.29, 1.82) is 0 Å². The van der Waals surface area contributed by atoms with E-state index in [9.17, 15) is 0 Å². The van der Waals surface area contributed by atoms with E-state index in [1.807, 2.05) is 7.05 Å². The lowest BCUT2D eigenvalue weighted by atomic mass is 9.79. The van der Waals surface area contributed by atoms with Gasteiger partial charge < -0.3 is 15.5 Å². The highest BCUT2D eigenvalue weighted by Crippen LogP contribution is 2.35. The van der Waals surface area contributed by atoms with Gasteiger partial charge in [-0.15, -0.1) is 0 Å². The molecule has 1 saturated carbocycles. The van der Waals surface area contributed by atoms with Gasteiger partial charge in [0, 0.05) is 57.9 Å². The van der Waals surface area contributed by atoms with Gasteiger partial charge in [0.1, 0.15) is 0 Å². The number of nitrogens with one attached hydrogen (secondary N) is 2. The smallest absolute Gasteiger partial charge is 0.191 e. The number of likely N-dealkylation sites (tertiary alicyclic amines) is 1. The van der Waals surface area contributed by atoms with Crippen molar-refractivity contribution in [2.45, 2.75) is 69.9 Å². The lowest BCUT2D eigenvalue weighted by molar-refractivity contribution is 0.0368. The van der Waals surface area contributed by atoms with E-state index >= 15 is 0 Å². The van der Waals surface area contributed by atoms with Crippen LogP contribution in [0.4, 0.5) is 0 Å². The fourth-order valence-electron chi connectivity index (χ4n) is 5.29. The molecule has 1 aliphatic carbocycles. The molecular weight excluding hydrogens is 348 g/mol. The minimum atomic E-state index is 0.347. The molecule has 3 fully saturated rings. The average Bonchev–Trinajstić information content (AvgIpc) is 2.75. The first kappa shape index (κ1) is 21.8. The summed E-state index contributed by atoms with van der Waals surface area (Å²) in [6, 6.07) is 0.540. The molecule has 1 atom stereocenters. The first-order chi connectivity index (χ1) is 13.6. The molecule has 2 N–H and O–H groups in total. The monoisotopic (exact) mass is 392 g/mol. The van der Waals surface area contributed by atoms with Crippen LogP contribution < -0.4 is 10.6 Å². The van der Waals surface area contributed by atoms with Crippen molar-refractivity contribution in [2.24, 2.45) is 4.99 Å². The Balaban J connectivity index is 1.48. The standard InChI is InChI=1S/C22H44N6/c1-20(27-16-14-26(3)15-17-27)18-24-21(23-2)25-19-22(10-6-4-7-11-22)28-12-8-5-9-13-28/h20H,4-19H2,1-3H3,(H2,23,24,25). The Morgan fingerprint density at radius 1 is 0.893 bits per heavy atom. The maximum Gasteiger partial charge on any atom is 0.191 e. The molecule has 0 aromatic heterocycles. The number of piperazine rings is 1. The Bertz CT molecular complexity index is 473. The van der Waals surface area contributed by atoms with E-state index in [1.165, 1.54) is 90.6 Å². The summed E-state index contributed by atoms with van der Waals surface area (Å²) in [5.41, 5.74) is 0.347. The van der Waals surface area contributed by atoms with Crippen LogP contribution in [-0.4, -0.2) is 98.7 Å². The molecule has 3 aliphatic rings. The van der Waals surface area contributed by atoms with Gasteiger partial charge in [0.25, 0.3) is 0 Å². The van der Waals surface area contributed by atoms with E-state index in [0.717, 1.165) is 19.0 Å². The number of aliphatic imine (C=N–C) groups is 1. The molecule has 2 aliphatic heterocycles. The van der Waals surface area contributed by atoms with Gasteiger partial charge in [-0.05, 0) is 52.7 Å². The Morgan fingerprint density at radius 2 is 1.54 bits per heavy atom. The van der Waals surface area contributed by atoms with Crippen molar-refractivity contribution < 1.29 is 0 Å². The number of piperidine rings is 1. The zero-order chi connectivity index (χ0) is 19.8. The van der Waals surface area contributed by atoms with E-state index in [2.05, 4.69) is 44.3 Å². The van der Waals surface area contributed by atoms with Gasteiger partial charge in [0.05, 0.1) is 0 Å². The number of nitrogens with zero attached hydrogens (tertiary/aromatic N) is 4. The maximum atomic E-state index is 4.53. The van der Waals surface area contributed by atoms with Crippen molar-refractivity contribution in [3.63, 3.8) is 0 Å². The highest BCUT2D eigenvalue weighted by Gasteiger charge is 2.38. The molecule has 1 unspecified atom stereocenters. The number of likely N-dealkylation sites (N-methyl/N-ethyl adjacent to an activating group) is 1. The molecule has 0 amide bonds. The van der Waals surface area contributed by atoms with Gasteiger partial charge >= 0.3 is 0 Å². The number of hydrogen-bond acceptors (Lipinski definition) is 4. The predicted octanol–water partition coefficient (Wildman–Crippen LogP) is 1.98. The molecule has 6 nitrogen and oxygen atoms in total. The average molecular weight is 393 g/mol. The van der Waals surface area contributed by atoms with Crippen LogP contribution in [0.1, 0.15) is 58.3 Å². The van der Waals surface area contributed by atoms with Gasteiger partial charge in [-0.3, -0.25) is 14.8 Å². The molecule has 162 valence electrons. The van der Waals surface area contributed by atoms with Gasteiger partial charge in [-0.1, -0.05) is 25.7 Å². The van der Waals surface area contributed by atoms with Crippen LogP contribution in [0.5, 0.6) is 0 Å². The van der Waals surface area contributed by atoms with E-state index in [4.69, 9.17) is 0 Å². The van der Waals surface area contributed by atoms with Crippen LogP contribution >= 0.6 is 0 Å². The first-order valence-corrected chi connectivity index (χ1v) is 11.8. The fourth-order valence-corrected chi connectivity index (χ4v) is 5.29. The maximum absolute atomic E-state index is 4.53. The molecule has 0 spiro atoms. The first-order valence-electron chi connectivity index (χ1n) is 11.8. The largest absolute Gasteiger partial charge is 0.355 e. The third-order valence-corrected chi connectivity index (χ3v) is 7.35. The number of hydrogen-bond donors (Lipinski definition) is 2. The minimum absolute atomic E-state index is 0.347. The molecule has 0 aromatic rings. The van der Waals surface area contributed by atoms with E-state index in [1.54, 1.807) is 0 Å². The zero-order valence-corrected chi connectivity index (χ0v) is 18.7. The molecule has 0 aromatic carbocycles. The fraction of sp³-hybridized carbons (Fsp3) is 0.955. The normalized spacial score (nSPS) is 26.8. The highest BCUT2D eigenvalue weighted by atomic mass is 15.3. The van der Waals surface area contributed by atoms with Crippen LogP contribution in [0.25, 0.3) is 0 Å². The van der Waals surface area contributed by atoms with Gasteiger partial charge in [0.15, 0.2) is 5.96 Å². The second-order valence-electron chi connectivity index (χ2n) is 9.33. The molecule has 3 rings (SSSR count). The summed E-state index contributed by atoms with van der Waals surface area (Å²) >= 11 is 0. The third-order valence-electron chi connectivity index (χ3n) is 7.35. The lowest BCUT2D eigenvalue weighted by Gasteiger charge is -2.48. The Hall–Kier alpha value is -0.850.